The van der Waals surface area contributed by atoms with Crippen LogP contribution >= 0.6 is 11.6 Å². The molecule has 26 heavy (non-hydrogen) atoms. The number of rotatable bonds is 4. The van der Waals surface area contributed by atoms with Crippen molar-refractivity contribution in [2.45, 2.75) is 6.42 Å². The molecule has 0 aromatic heterocycles. The summed E-state index contributed by atoms with van der Waals surface area (Å²) in [4.78, 5) is 28.7. The average molecular weight is 373 g/mol. The van der Waals surface area contributed by atoms with Crippen molar-refractivity contribution in [2.75, 3.05) is 33.3 Å². The Morgan fingerprint density at radius 2 is 1.65 bits per heavy atom. The highest BCUT2D eigenvalue weighted by Crippen LogP contribution is 2.16. The Morgan fingerprint density at radius 1 is 1.00 bits per heavy atom. The smallest absolute Gasteiger partial charge is 0.254 e. The number of benzene rings is 2. The summed E-state index contributed by atoms with van der Waals surface area (Å²) in [5.41, 5.74) is 1.54. The molecule has 136 valence electrons. The zero-order valence-corrected chi connectivity index (χ0v) is 15.4. The van der Waals surface area contributed by atoms with Crippen LogP contribution < -0.4 is 4.74 Å². The molecule has 0 atom stereocenters. The van der Waals surface area contributed by atoms with E-state index in [0.717, 1.165) is 5.56 Å². The van der Waals surface area contributed by atoms with Gasteiger partial charge < -0.3 is 14.5 Å². The number of ether oxygens (including phenoxy) is 1. The highest BCUT2D eigenvalue weighted by molar-refractivity contribution is 6.30. The average Bonchev–Trinajstić information content (AvgIpc) is 2.69. The number of carbonyl (C=O) groups excluding carboxylic acids is 2. The van der Waals surface area contributed by atoms with Crippen LogP contribution in [0.2, 0.25) is 5.02 Å². The van der Waals surface area contributed by atoms with Crippen LogP contribution in [0.4, 0.5) is 0 Å². The third-order valence-corrected chi connectivity index (χ3v) is 4.76. The van der Waals surface area contributed by atoms with Crippen LogP contribution in [0.15, 0.2) is 48.5 Å². The van der Waals surface area contributed by atoms with Gasteiger partial charge in [0.2, 0.25) is 5.91 Å². The van der Waals surface area contributed by atoms with Gasteiger partial charge in [0.15, 0.2) is 0 Å². The zero-order chi connectivity index (χ0) is 18.5. The Hall–Kier alpha value is -2.53. The predicted octanol–water partition coefficient (Wildman–Crippen LogP) is 2.88. The highest BCUT2D eigenvalue weighted by Gasteiger charge is 2.25. The van der Waals surface area contributed by atoms with Gasteiger partial charge in [-0.2, -0.15) is 0 Å². The van der Waals surface area contributed by atoms with Gasteiger partial charge in [0.1, 0.15) is 5.75 Å². The molecule has 1 saturated heterocycles. The van der Waals surface area contributed by atoms with Gasteiger partial charge in [-0.3, -0.25) is 9.59 Å². The van der Waals surface area contributed by atoms with Crippen molar-refractivity contribution in [3.8, 4) is 5.75 Å². The molecule has 1 fully saturated rings. The fourth-order valence-electron chi connectivity index (χ4n) is 2.99. The standard InChI is InChI=1S/C20H21ClN2O3/c1-26-18-4-2-3-16(14-18)20(25)23-11-9-22(10-12-23)19(24)13-15-5-7-17(21)8-6-15/h2-8,14H,9-13H2,1H3. The SMILES string of the molecule is COc1cccc(C(=O)N2CCN(C(=O)Cc3ccc(Cl)cc3)CC2)c1. The minimum Gasteiger partial charge on any atom is -0.497 e. The van der Waals surface area contributed by atoms with E-state index in [1.807, 2.05) is 23.1 Å². The van der Waals surface area contributed by atoms with Crippen molar-refractivity contribution >= 4 is 23.4 Å². The van der Waals surface area contributed by atoms with Crippen molar-refractivity contribution in [1.29, 1.82) is 0 Å². The van der Waals surface area contributed by atoms with Gasteiger partial charge in [-0.05, 0) is 35.9 Å². The normalized spacial score (nSPS) is 14.2. The summed E-state index contributed by atoms with van der Waals surface area (Å²) in [6.07, 6.45) is 0.348. The zero-order valence-electron chi connectivity index (χ0n) is 14.7. The minimum absolute atomic E-state index is 0.0336. The van der Waals surface area contributed by atoms with Gasteiger partial charge in [0.25, 0.3) is 5.91 Å². The van der Waals surface area contributed by atoms with Crippen LogP contribution in [0.3, 0.4) is 0 Å². The summed E-state index contributed by atoms with van der Waals surface area (Å²) < 4.78 is 5.17. The predicted molar refractivity (Wildman–Crippen MR) is 101 cm³/mol. The lowest BCUT2D eigenvalue weighted by Crippen LogP contribution is -2.51. The maximum Gasteiger partial charge on any atom is 0.254 e. The highest BCUT2D eigenvalue weighted by atomic mass is 35.5. The second kappa shape index (κ2) is 8.23. The molecular weight excluding hydrogens is 352 g/mol. The van der Waals surface area contributed by atoms with E-state index >= 15 is 0 Å². The van der Waals surface area contributed by atoms with Crippen molar-refractivity contribution in [3.05, 3.63) is 64.7 Å². The summed E-state index contributed by atoms with van der Waals surface area (Å²) in [5.74, 6) is 0.696. The fourth-order valence-corrected chi connectivity index (χ4v) is 3.11. The largest absolute Gasteiger partial charge is 0.497 e. The minimum atomic E-state index is -0.0336. The number of hydrogen-bond donors (Lipinski definition) is 0. The van der Waals surface area contributed by atoms with Gasteiger partial charge in [-0.15, -0.1) is 0 Å². The molecule has 0 N–H and O–H groups in total. The summed E-state index contributed by atoms with van der Waals surface area (Å²) in [6, 6.07) is 14.4. The molecule has 5 nitrogen and oxygen atoms in total. The van der Waals surface area contributed by atoms with Crippen molar-refractivity contribution in [1.82, 2.24) is 9.80 Å². The van der Waals surface area contributed by atoms with E-state index < -0.39 is 0 Å². The summed E-state index contributed by atoms with van der Waals surface area (Å²) in [5, 5.41) is 0.658. The first-order valence-electron chi connectivity index (χ1n) is 8.52. The monoisotopic (exact) mass is 372 g/mol. The first kappa shape index (κ1) is 18.3. The molecule has 1 heterocycles. The van der Waals surface area contributed by atoms with Gasteiger partial charge in [-0.1, -0.05) is 29.8 Å². The van der Waals surface area contributed by atoms with Crippen molar-refractivity contribution in [3.63, 3.8) is 0 Å². The van der Waals surface area contributed by atoms with E-state index in [1.54, 1.807) is 42.3 Å². The summed E-state index contributed by atoms with van der Waals surface area (Å²) in [6.45, 7) is 2.15. The number of nitrogens with zero attached hydrogens (tertiary/aromatic N) is 2. The van der Waals surface area contributed by atoms with E-state index in [4.69, 9.17) is 16.3 Å². The lowest BCUT2D eigenvalue weighted by molar-refractivity contribution is -0.131. The van der Waals surface area contributed by atoms with Crippen LogP contribution in [0.5, 0.6) is 5.75 Å². The molecule has 2 aromatic carbocycles. The van der Waals surface area contributed by atoms with Gasteiger partial charge >= 0.3 is 0 Å². The van der Waals surface area contributed by atoms with Crippen LogP contribution in [0, 0.1) is 0 Å². The third-order valence-electron chi connectivity index (χ3n) is 4.50. The quantitative estimate of drug-likeness (QED) is 0.829. The van der Waals surface area contributed by atoms with Crippen LogP contribution in [0.25, 0.3) is 0 Å². The third kappa shape index (κ3) is 4.35. The molecule has 1 aliphatic heterocycles. The molecule has 6 heteroatoms. The Labute approximate surface area is 158 Å². The molecule has 0 bridgehead atoms. The second-order valence-electron chi connectivity index (χ2n) is 6.21. The maximum atomic E-state index is 12.6. The molecule has 0 radical (unpaired) electrons. The summed E-state index contributed by atoms with van der Waals surface area (Å²) in [7, 11) is 1.58. The van der Waals surface area contributed by atoms with Gasteiger partial charge in [0, 0.05) is 36.8 Å². The molecular formula is C20H21ClN2O3. The van der Waals surface area contributed by atoms with E-state index in [1.165, 1.54) is 0 Å². The van der Waals surface area contributed by atoms with Crippen LogP contribution in [-0.2, 0) is 11.2 Å². The Morgan fingerprint density at radius 3 is 2.31 bits per heavy atom. The van der Waals surface area contributed by atoms with E-state index in [2.05, 4.69) is 0 Å². The van der Waals surface area contributed by atoms with E-state index in [9.17, 15) is 9.59 Å². The first-order chi connectivity index (χ1) is 12.6. The number of piperazine rings is 1. The van der Waals surface area contributed by atoms with Crippen molar-refractivity contribution in [2.24, 2.45) is 0 Å². The molecule has 3 rings (SSSR count). The molecule has 0 spiro atoms. The lowest BCUT2D eigenvalue weighted by Gasteiger charge is -2.35. The second-order valence-corrected chi connectivity index (χ2v) is 6.64. The van der Waals surface area contributed by atoms with Crippen molar-refractivity contribution < 1.29 is 14.3 Å². The van der Waals surface area contributed by atoms with Crippen LogP contribution in [0.1, 0.15) is 15.9 Å². The Kier molecular flexibility index (Phi) is 5.78. The number of hydrogen-bond acceptors (Lipinski definition) is 3. The molecule has 0 unspecified atom stereocenters. The fraction of sp³-hybridized carbons (Fsp3) is 0.300. The van der Waals surface area contributed by atoms with Gasteiger partial charge in [0.05, 0.1) is 13.5 Å². The summed E-state index contributed by atoms with van der Waals surface area (Å²) >= 11 is 5.87. The van der Waals surface area contributed by atoms with Gasteiger partial charge in [-0.25, -0.2) is 0 Å². The topological polar surface area (TPSA) is 49.9 Å². The molecule has 0 saturated carbocycles. The number of amides is 2. The number of carbonyl (C=O) groups is 2. The molecule has 2 aromatic rings. The molecule has 1 aliphatic rings. The number of methoxy groups -OCH3 is 1. The Bertz CT molecular complexity index is 784. The van der Waals surface area contributed by atoms with E-state index in [-0.39, 0.29) is 11.8 Å². The van der Waals surface area contributed by atoms with E-state index in [0.29, 0.717) is 48.9 Å². The lowest BCUT2D eigenvalue weighted by atomic mass is 10.1. The molecule has 2 amide bonds. The Balaban J connectivity index is 1.55. The maximum absolute atomic E-state index is 12.6. The number of halogens is 1. The first-order valence-corrected chi connectivity index (χ1v) is 8.90. The molecule has 0 aliphatic carbocycles. The van der Waals surface area contributed by atoms with Crippen LogP contribution in [-0.4, -0.2) is 54.9 Å².